The first-order chi connectivity index (χ1) is 11.7. The van der Waals surface area contributed by atoms with Gasteiger partial charge in [0.1, 0.15) is 6.04 Å². The Morgan fingerprint density at radius 1 is 1.08 bits per heavy atom. The molecule has 3 rings (SSSR count). The van der Waals surface area contributed by atoms with Gasteiger partial charge in [-0.05, 0) is 23.6 Å². The summed E-state index contributed by atoms with van der Waals surface area (Å²) in [5.41, 5.74) is 3.00. The molecule has 0 fully saturated rings. The van der Waals surface area contributed by atoms with Gasteiger partial charge in [0.2, 0.25) is 5.91 Å². The molecule has 124 valence electrons. The van der Waals surface area contributed by atoms with E-state index in [4.69, 9.17) is 0 Å². The highest BCUT2D eigenvalue weighted by Gasteiger charge is 2.37. The van der Waals surface area contributed by atoms with Crippen LogP contribution in [0, 0.1) is 0 Å². The van der Waals surface area contributed by atoms with E-state index in [9.17, 15) is 9.59 Å². The molecule has 1 aliphatic rings. The Labute approximate surface area is 141 Å². The van der Waals surface area contributed by atoms with E-state index in [2.05, 4.69) is 10.6 Å². The van der Waals surface area contributed by atoms with Crippen molar-refractivity contribution < 1.29 is 9.59 Å². The van der Waals surface area contributed by atoms with Crippen LogP contribution in [0.3, 0.4) is 0 Å². The maximum absolute atomic E-state index is 12.7. The number of amides is 3. The van der Waals surface area contributed by atoms with E-state index in [-0.39, 0.29) is 11.9 Å². The van der Waals surface area contributed by atoms with Gasteiger partial charge in [-0.3, -0.25) is 9.69 Å². The topological polar surface area (TPSA) is 61.4 Å². The fourth-order valence-corrected chi connectivity index (χ4v) is 3.06. The third kappa shape index (κ3) is 3.25. The third-order valence-electron chi connectivity index (χ3n) is 4.28. The van der Waals surface area contributed by atoms with E-state index >= 15 is 0 Å². The second-order valence-electron chi connectivity index (χ2n) is 5.80. The minimum atomic E-state index is -0.496. The lowest BCUT2D eigenvalue weighted by atomic mass is 10.1. The Balaban J connectivity index is 1.70. The minimum absolute atomic E-state index is 0.149. The number of carbonyl (C=O) groups excluding carboxylic acids is 2. The van der Waals surface area contributed by atoms with E-state index in [0.717, 1.165) is 17.7 Å². The predicted molar refractivity (Wildman–Crippen MR) is 94.0 cm³/mol. The zero-order chi connectivity index (χ0) is 16.9. The van der Waals surface area contributed by atoms with Crippen LogP contribution in [0.4, 0.5) is 10.5 Å². The predicted octanol–water partition coefficient (Wildman–Crippen LogP) is 2.12. The van der Waals surface area contributed by atoms with Crippen molar-refractivity contribution in [2.24, 2.45) is 0 Å². The molecule has 0 spiro atoms. The highest BCUT2D eigenvalue weighted by molar-refractivity contribution is 6.02. The number of likely N-dealkylation sites (N-methyl/N-ethyl adjacent to an activating group) is 1. The molecule has 0 aromatic heterocycles. The molecule has 5 heteroatoms. The number of nitrogens with zero attached hydrogens (tertiary/aromatic N) is 1. The van der Waals surface area contributed by atoms with Crippen LogP contribution in [0.2, 0.25) is 0 Å². The average Bonchev–Trinajstić information content (AvgIpc) is 3.01. The molecule has 0 aliphatic carbocycles. The van der Waals surface area contributed by atoms with Crippen molar-refractivity contribution in [3.63, 3.8) is 0 Å². The van der Waals surface area contributed by atoms with Crippen molar-refractivity contribution in [3.8, 4) is 0 Å². The zero-order valence-electron chi connectivity index (χ0n) is 13.7. The number of hydrogen-bond acceptors (Lipinski definition) is 2. The summed E-state index contributed by atoms with van der Waals surface area (Å²) in [5.74, 6) is -0.149. The molecule has 0 bridgehead atoms. The smallest absolute Gasteiger partial charge is 0.322 e. The first kappa shape index (κ1) is 16.1. The summed E-state index contributed by atoms with van der Waals surface area (Å²) < 4.78 is 0. The lowest BCUT2D eigenvalue weighted by Gasteiger charge is -2.24. The summed E-state index contributed by atoms with van der Waals surface area (Å²) in [4.78, 5) is 26.4. The second-order valence-corrected chi connectivity index (χ2v) is 5.80. The van der Waals surface area contributed by atoms with Gasteiger partial charge in [0.15, 0.2) is 0 Å². The second kappa shape index (κ2) is 7.17. The third-order valence-corrected chi connectivity index (χ3v) is 4.28. The Bertz CT molecular complexity index is 730. The van der Waals surface area contributed by atoms with Crippen molar-refractivity contribution in [2.75, 3.05) is 18.5 Å². The average molecular weight is 323 g/mol. The molecule has 1 aliphatic heterocycles. The molecule has 2 aromatic rings. The number of anilines is 1. The van der Waals surface area contributed by atoms with Gasteiger partial charge >= 0.3 is 6.03 Å². The Kier molecular flexibility index (Phi) is 4.79. The van der Waals surface area contributed by atoms with Crippen molar-refractivity contribution in [2.45, 2.75) is 18.9 Å². The molecule has 0 saturated carbocycles. The number of carbonyl (C=O) groups is 2. The van der Waals surface area contributed by atoms with Gasteiger partial charge in [-0.2, -0.15) is 0 Å². The summed E-state index contributed by atoms with van der Waals surface area (Å²) >= 11 is 0. The van der Waals surface area contributed by atoms with Crippen LogP contribution in [0.1, 0.15) is 11.1 Å². The molecule has 0 saturated heterocycles. The molecule has 2 N–H and O–H groups in total. The number of fused-ring (bicyclic) bond motifs is 1. The van der Waals surface area contributed by atoms with Gasteiger partial charge in [-0.25, -0.2) is 4.79 Å². The summed E-state index contributed by atoms with van der Waals surface area (Å²) in [7, 11) is 1.59. The molecule has 0 radical (unpaired) electrons. The van der Waals surface area contributed by atoms with Gasteiger partial charge in [-0.1, -0.05) is 48.5 Å². The van der Waals surface area contributed by atoms with Gasteiger partial charge in [0.05, 0.1) is 0 Å². The zero-order valence-corrected chi connectivity index (χ0v) is 13.7. The Hall–Kier alpha value is -2.82. The lowest BCUT2D eigenvalue weighted by molar-refractivity contribution is -0.121. The number of hydrogen-bond donors (Lipinski definition) is 2. The quantitative estimate of drug-likeness (QED) is 0.905. The van der Waals surface area contributed by atoms with Crippen LogP contribution in [0.15, 0.2) is 54.6 Å². The van der Waals surface area contributed by atoms with E-state index in [1.165, 1.54) is 5.56 Å². The van der Waals surface area contributed by atoms with Crippen LogP contribution in [0.25, 0.3) is 0 Å². The molecule has 24 heavy (non-hydrogen) atoms. The maximum Gasteiger partial charge on any atom is 0.322 e. The van der Waals surface area contributed by atoms with Gasteiger partial charge in [0.25, 0.3) is 0 Å². The molecular formula is C19H21N3O2. The van der Waals surface area contributed by atoms with E-state index in [1.807, 2.05) is 54.6 Å². The van der Waals surface area contributed by atoms with Crippen LogP contribution < -0.4 is 15.5 Å². The molecule has 1 atom stereocenters. The number of benzene rings is 2. The standard InChI is InChI=1S/C19H21N3O2/c1-20-18(23)17-13-15-9-5-6-10-16(15)22(17)19(24)21-12-11-14-7-3-2-4-8-14/h2-10,17H,11-13H2,1H3,(H,20,23)(H,21,24). The number of para-hydroxylation sites is 1. The van der Waals surface area contributed by atoms with Crippen LogP contribution in [0.5, 0.6) is 0 Å². The largest absolute Gasteiger partial charge is 0.357 e. The molecule has 1 heterocycles. The van der Waals surface area contributed by atoms with E-state index in [0.29, 0.717) is 13.0 Å². The minimum Gasteiger partial charge on any atom is -0.357 e. The SMILES string of the molecule is CNC(=O)C1Cc2ccccc2N1C(=O)NCCc1ccccc1. The van der Waals surface area contributed by atoms with Crippen LogP contribution in [-0.2, 0) is 17.6 Å². The van der Waals surface area contributed by atoms with Crippen LogP contribution >= 0.6 is 0 Å². The van der Waals surface area contributed by atoms with Crippen molar-refractivity contribution in [3.05, 3.63) is 65.7 Å². The van der Waals surface area contributed by atoms with Gasteiger partial charge < -0.3 is 10.6 Å². The van der Waals surface area contributed by atoms with Crippen molar-refractivity contribution in [1.82, 2.24) is 10.6 Å². The van der Waals surface area contributed by atoms with Gasteiger partial charge in [-0.15, -0.1) is 0 Å². The number of nitrogens with one attached hydrogen (secondary N) is 2. The summed E-state index contributed by atoms with van der Waals surface area (Å²) in [6, 6.07) is 16.9. The van der Waals surface area contributed by atoms with Crippen LogP contribution in [-0.4, -0.2) is 31.6 Å². The molecule has 1 unspecified atom stereocenters. The normalized spacial score (nSPS) is 15.7. The van der Waals surface area contributed by atoms with Crippen molar-refractivity contribution >= 4 is 17.6 Å². The Morgan fingerprint density at radius 2 is 1.79 bits per heavy atom. The monoisotopic (exact) mass is 323 g/mol. The van der Waals surface area contributed by atoms with E-state index < -0.39 is 6.04 Å². The molecule has 3 amide bonds. The number of rotatable bonds is 4. The Morgan fingerprint density at radius 3 is 2.54 bits per heavy atom. The van der Waals surface area contributed by atoms with E-state index in [1.54, 1.807) is 11.9 Å². The fourth-order valence-electron chi connectivity index (χ4n) is 3.06. The molecular weight excluding hydrogens is 302 g/mol. The molecule has 5 nitrogen and oxygen atoms in total. The fraction of sp³-hybridized carbons (Fsp3) is 0.263. The van der Waals surface area contributed by atoms with Crippen molar-refractivity contribution in [1.29, 1.82) is 0 Å². The first-order valence-corrected chi connectivity index (χ1v) is 8.11. The number of urea groups is 1. The lowest BCUT2D eigenvalue weighted by Crippen LogP contribution is -2.51. The molecule has 2 aromatic carbocycles. The maximum atomic E-state index is 12.7. The summed E-state index contributed by atoms with van der Waals surface area (Å²) in [6.07, 6.45) is 1.30. The van der Waals surface area contributed by atoms with Gasteiger partial charge in [0, 0.05) is 25.7 Å². The first-order valence-electron chi connectivity index (χ1n) is 8.11. The summed E-state index contributed by atoms with van der Waals surface area (Å²) in [6.45, 7) is 0.530. The highest BCUT2D eigenvalue weighted by Crippen LogP contribution is 2.32. The summed E-state index contributed by atoms with van der Waals surface area (Å²) in [5, 5.41) is 5.58. The highest BCUT2D eigenvalue weighted by atomic mass is 16.2.